The Balaban J connectivity index is 1.92. The summed E-state index contributed by atoms with van der Waals surface area (Å²) >= 11 is 3.49. The van der Waals surface area contributed by atoms with E-state index in [1.165, 1.54) is 5.56 Å². The molecule has 21 heavy (non-hydrogen) atoms. The second-order valence-corrected chi connectivity index (χ2v) is 6.50. The molecule has 116 valence electrons. The number of halogens is 1. The minimum absolute atomic E-state index is 0.0635. The highest BCUT2D eigenvalue weighted by Gasteiger charge is 2.29. The Hall–Kier alpha value is -1.07. The maximum absolute atomic E-state index is 5.80. The maximum atomic E-state index is 5.80. The molecule has 1 saturated heterocycles. The molecule has 0 bridgehead atoms. The molecule has 1 aromatic carbocycles. The van der Waals surface area contributed by atoms with Crippen LogP contribution in [-0.2, 0) is 11.3 Å². The first-order valence-electron chi connectivity index (χ1n) is 7.52. The van der Waals surface area contributed by atoms with Gasteiger partial charge in [0.05, 0.1) is 12.1 Å². The number of ether oxygens (including phenoxy) is 1. The lowest BCUT2D eigenvalue weighted by atomic mass is 10.0. The van der Waals surface area contributed by atoms with E-state index in [9.17, 15) is 0 Å². The van der Waals surface area contributed by atoms with Crippen molar-refractivity contribution in [1.29, 1.82) is 0 Å². The highest BCUT2D eigenvalue weighted by atomic mass is 79.9. The van der Waals surface area contributed by atoms with Crippen molar-refractivity contribution < 1.29 is 4.74 Å². The van der Waals surface area contributed by atoms with Gasteiger partial charge in [-0.25, -0.2) is 4.99 Å². The summed E-state index contributed by atoms with van der Waals surface area (Å²) in [6, 6.07) is 8.23. The van der Waals surface area contributed by atoms with Crippen LogP contribution in [0.15, 0.2) is 33.7 Å². The summed E-state index contributed by atoms with van der Waals surface area (Å²) < 4.78 is 6.88. The minimum atomic E-state index is -0.0635. The predicted molar refractivity (Wildman–Crippen MR) is 90.6 cm³/mol. The largest absolute Gasteiger partial charge is 0.373 e. The molecule has 2 N–H and O–H groups in total. The number of nitrogens with one attached hydrogen (secondary N) is 2. The van der Waals surface area contributed by atoms with E-state index >= 15 is 0 Å². The molecule has 1 fully saturated rings. The van der Waals surface area contributed by atoms with Gasteiger partial charge in [-0.05, 0) is 44.4 Å². The molecule has 4 nitrogen and oxygen atoms in total. The molecule has 0 aromatic heterocycles. The first-order chi connectivity index (χ1) is 10.1. The van der Waals surface area contributed by atoms with Crippen LogP contribution < -0.4 is 10.6 Å². The molecule has 0 amide bonds. The van der Waals surface area contributed by atoms with Gasteiger partial charge in [-0.2, -0.15) is 0 Å². The fourth-order valence-electron chi connectivity index (χ4n) is 2.39. The maximum Gasteiger partial charge on any atom is 0.191 e. The van der Waals surface area contributed by atoms with Gasteiger partial charge >= 0.3 is 0 Å². The molecule has 0 radical (unpaired) electrons. The van der Waals surface area contributed by atoms with Gasteiger partial charge in [0.1, 0.15) is 0 Å². The monoisotopic (exact) mass is 353 g/mol. The van der Waals surface area contributed by atoms with Gasteiger partial charge < -0.3 is 15.4 Å². The van der Waals surface area contributed by atoms with Gasteiger partial charge in [0, 0.05) is 24.2 Å². The molecule has 1 atom stereocenters. The Morgan fingerprint density at radius 3 is 2.95 bits per heavy atom. The fourth-order valence-corrected chi connectivity index (χ4v) is 2.84. The van der Waals surface area contributed by atoms with Crippen LogP contribution in [0.5, 0.6) is 0 Å². The number of rotatable bonds is 5. The van der Waals surface area contributed by atoms with Crippen LogP contribution >= 0.6 is 15.9 Å². The Morgan fingerprint density at radius 1 is 1.43 bits per heavy atom. The third kappa shape index (κ3) is 5.32. The number of guanidine groups is 1. The van der Waals surface area contributed by atoms with Crippen LogP contribution in [0.1, 0.15) is 32.3 Å². The predicted octanol–water partition coefficient (Wildman–Crippen LogP) is 3.07. The second kappa shape index (κ2) is 7.80. The lowest BCUT2D eigenvalue weighted by Crippen LogP contribution is -2.45. The van der Waals surface area contributed by atoms with Crippen LogP contribution in [0.4, 0.5) is 0 Å². The fraction of sp³-hybridized carbons (Fsp3) is 0.562. The summed E-state index contributed by atoms with van der Waals surface area (Å²) in [5.74, 6) is 0.842. The molecule has 2 rings (SSSR count). The molecule has 5 heteroatoms. The molecule has 0 spiro atoms. The zero-order valence-corrected chi connectivity index (χ0v) is 14.4. The molecule has 1 aliphatic rings. The van der Waals surface area contributed by atoms with E-state index in [0.717, 1.165) is 43.0 Å². The molecular formula is C16H24BrN3O. The third-order valence-corrected chi connectivity index (χ3v) is 4.08. The Morgan fingerprint density at radius 2 is 2.29 bits per heavy atom. The van der Waals surface area contributed by atoms with E-state index in [2.05, 4.69) is 57.5 Å². The average molecular weight is 354 g/mol. The Bertz CT molecular complexity index is 484. The summed E-state index contributed by atoms with van der Waals surface area (Å²) in [6.07, 6.45) is 2.24. The van der Waals surface area contributed by atoms with Gasteiger partial charge in [-0.1, -0.05) is 28.1 Å². The number of benzene rings is 1. The SMILES string of the molecule is CCNC(=NCc1cccc(Br)c1)NCC1(C)CCCO1. The van der Waals surface area contributed by atoms with Crippen molar-refractivity contribution in [3.63, 3.8) is 0 Å². The molecule has 1 aromatic rings. The van der Waals surface area contributed by atoms with E-state index < -0.39 is 0 Å². The quantitative estimate of drug-likeness (QED) is 0.631. The number of aliphatic imine (C=N–C) groups is 1. The average Bonchev–Trinajstić information content (AvgIpc) is 2.89. The summed E-state index contributed by atoms with van der Waals surface area (Å²) in [4.78, 5) is 4.63. The normalized spacial score (nSPS) is 22.3. The van der Waals surface area contributed by atoms with E-state index in [4.69, 9.17) is 4.74 Å². The van der Waals surface area contributed by atoms with Crippen molar-refractivity contribution in [2.75, 3.05) is 19.7 Å². The van der Waals surface area contributed by atoms with Crippen LogP contribution in [0.2, 0.25) is 0 Å². The van der Waals surface area contributed by atoms with Crippen molar-refractivity contribution in [3.05, 3.63) is 34.3 Å². The highest BCUT2D eigenvalue weighted by Crippen LogP contribution is 2.23. The van der Waals surface area contributed by atoms with Gasteiger partial charge in [-0.3, -0.25) is 0 Å². The molecule has 1 unspecified atom stereocenters. The summed E-state index contributed by atoms with van der Waals surface area (Å²) in [5, 5.41) is 6.67. The van der Waals surface area contributed by atoms with Crippen LogP contribution in [-0.4, -0.2) is 31.3 Å². The topological polar surface area (TPSA) is 45.7 Å². The van der Waals surface area contributed by atoms with Gasteiger partial charge in [0.25, 0.3) is 0 Å². The van der Waals surface area contributed by atoms with Gasteiger partial charge in [0.2, 0.25) is 0 Å². The number of nitrogens with zero attached hydrogens (tertiary/aromatic N) is 1. The summed E-state index contributed by atoms with van der Waals surface area (Å²) in [7, 11) is 0. The number of hydrogen-bond donors (Lipinski definition) is 2. The standard InChI is InChI=1S/C16H24BrN3O/c1-3-18-15(20-12-16(2)8-5-9-21-16)19-11-13-6-4-7-14(17)10-13/h4,6-7,10H,3,5,8-9,11-12H2,1-2H3,(H2,18,19,20). The van der Waals surface area contributed by atoms with Crippen molar-refractivity contribution in [2.24, 2.45) is 4.99 Å². The van der Waals surface area contributed by atoms with E-state index in [1.54, 1.807) is 0 Å². The van der Waals surface area contributed by atoms with Crippen molar-refractivity contribution in [2.45, 2.75) is 38.8 Å². The lowest BCUT2D eigenvalue weighted by molar-refractivity contribution is 0.0243. The first-order valence-corrected chi connectivity index (χ1v) is 8.31. The molecule has 1 aliphatic heterocycles. The van der Waals surface area contributed by atoms with Crippen LogP contribution in [0, 0.1) is 0 Å². The molecular weight excluding hydrogens is 330 g/mol. The number of hydrogen-bond acceptors (Lipinski definition) is 2. The molecule has 0 aliphatic carbocycles. The van der Waals surface area contributed by atoms with E-state index in [1.807, 2.05) is 12.1 Å². The lowest BCUT2D eigenvalue weighted by Gasteiger charge is -2.24. The van der Waals surface area contributed by atoms with Gasteiger partial charge in [0.15, 0.2) is 5.96 Å². The highest BCUT2D eigenvalue weighted by molar-refractivity contribution is 9.10. The molecule has 0 saturated carbocycles. The van der Waals surface area contributed by atoms with Crippen molar-refractivity contribution in [1.82, 2.24) is 10.6 Å². The first kappa shape index (κ1) is 16.3. The zero-order valence-electron chi connectivity index (χ0n) is 12.8. The van der Waals surface area contributed by atoms with Crippen LogP contribution in [0.25, 0.3) is 0 Å². The zero-order chi connectivity index (χ0) is 15.1. The summed E-state index contributed by atoms with van der Waals surface area (Å²) in [6.45, 7) is 7.39. The third-order valence-electron chi connectivity index (χ3n) is 3.58. The van der Waals surface area contributed by atoms with E-state index in [0.29, 0.717) is 6.54 Å². The molecule has 1 heterocycles. The second-order valence-electron chi connectivity index (χ2n) is 5.58. The van der Waals surface area contributed by atoms with Gasteiger partial charge in [-0.15, -0.1) is 0 Å². The Kier molecular flexibility index (Phi) is 6.06. The smallest absolute Gasteiger partial charge is 0.191 e. The minimum Gasteiger partial charge on any atom is -0.373 e. The van der Waals surface area contributed by atoms with Crippen LogP contribution in [0.3, 0.4) is 0 Å². The summed E-state index contributed by atoms with van der Waals surface area (Å²) in [5.41, 5.74) is 1.12. The van der Waals surface area contributed by atoms with E-state index in [-0.39, 0.29) is 5.60 Å². The Labute approximate surface area is 135 Å². The van der Waals surface area contributed by atoms with Crippen molar-refractivity contribution in [3.8, 4) is 0 Å². The van der Waals surface area contributed by atoms with Crippen molar-refractivity contribution >= 4 is 21.9 Å².